The molecule has 0 bridgehead atoms. The van der Waals surface area contributed by atoms with E-state index in [1.54, 1.807) is 10.7 Å². The van der Waals surface area contributed by atoms with Crippen LogP contribution in [0.15, 0.2) is 24.3 Å². The molecule has 0 aliphatic carbocycles. The molecule has 1 N–H and O–H groups in total. The van der Waals surface area contributed by atoms with Gasteiger partial charge >= 0.3 is 6.18 Å². The van der Waals surface area contributed by atoms with E-state index in [0.717, 1.165) is 30.4 Å². The first-order chi connectivity index (χ1) is 14.8. The van der Waals surface area contributed by atoms with Gasteiger partial charge in [0.2, 0.25) is 0 Å². The third-order valence-electron chi connectivity index (χ3n) is 5.92. The number of amides is 1. The SMILES string of the molecule is O=C(N[C@H]1COc2ccc(C(F)(F)F)cc2C1F)c1cc2n(n1)CCN(C1COC1)C2. The fourth-order valence-electron chi connectivity index (χ4n) is 4.05. The molecule has 1 amide bonds. The minimum absolute atomic E-state index is 0.0449. The molecule has 31 heavy (non-hydrogen) atoms. The first-order valence-electron chi connectivity index (χ1n) is 9.97. The molecule has 1 aromatic heterocycles. The Kier molecular flexibility index (Phi) is 4.89. The molecule has 11 heteroatoms. The van der Waals surface area contributed by atoms with Crippen molar-refractivity contribution in [3.05, 3.63) is 46.8 Å². The summed E-state index contributed by atoms with van der Waals surface area (Å²) in [5.74, 6) is -0.546. The maximum atomic E-state index is 15.0. The van der Waals surface area contributed by atoms with Crippen molar-refractivity contribution >= 4 is 5.91 Å². The van der Waals surface area contributed by atoms with Gasteiger partial charge in [-0.15, -0.1) is 0 Å². The van der Waals surface area contributed by atoms with E-state index in [4.69, 9.17) is 9.47 Å². The Balaban J connectivity index is 1.29. The van der Waals surface area contributed by atoms with Crippen LogP contribution in [-0.4, -0.2) is 59.0 Å². The summed E-state index contributed by atoms with van der Waals surface area (Å²) in [6.07, 6.45) is -6.43. The molecule has 0 saturated carbocycles. The standard InChI is InChI=1S/C20H20F4N4O3/c21-18-14-5-11(20(22,23)24)1-2-17(14)31-10-16(18)25-19(29)15-6-12-7-27(13-8-30-9-13)3-4-28(12)26-15/h1-2,5-6,13,16,18H,3-4,7-10H2,(H,25,29)/t16-,18?/m0/s1. The van der Waals surface area contributed by atoms with Crippen molar-refractivity contribution in [2.45, 2.75) is 37.5 Å². The second-order valence-corrected chi connectivity index (χ2v) is 7.95. The highest BCUT2D eigenvalue weighted by Crippen LogP contribution is 2.39. The second-order valence-electron chi connectivity index (χ2n) is 7.95. The van der Waals surface area contributed by atoms with E-state index < -0.39 is 29.9 Å². The topological polar surface area (TPSA) is 68.6 Å². The van der Waals surface area contributed by atoms with Crippen molar-refractivity contribution in [1.82, 2.24) is 20.0 Å². The van der Waals surface area contributed by atoms with E-state index >= 15 is 0 Å². The lowest BCUT2D eigenvalue weighted by atomic mass is 9.98. The molecule has 7 nitrogen and oxygen atoms in total. The molecule has 0 spiro atoms. The third-order valence-corrected chi connectivity index (χ3v) is 5.92. The molecule has 1 aromatic carbocycles. The van der Waals surface area contributed by atoms with Crippen molar-refractivity contribution in [1.29, 1.82) is 0 Å². The van der Waals surface area contributed by atoms with Gasteiger partial charge in [0, 0.05) is 18.7 Å². The number of fused-ring (bicyclic) bond motifs is 2. The molecule has 1 saturated heterocycles. The molecule has 166 valence electrons. The van der Waals surface area contributed by atoms with Gasteiger partial charge in [0.25, 0.3) is 5.91 Å². The van der Waals surface area contributed by atoms with Crippen LogP contribution in [0.5, 0.6) is 5.75 Å². The Morgan fingerprint density at radius 1 is 1.16 bits per heavy atom. The highest BCUT2D eigenvalue weighted by atomic mass is 19.4. The molecule has 4 heterocycles. The number of carbonyl (C=O) groups excluding carboxylic acids is 1. The zero-order chi connectivity index (χ0) is 21.8. The number of carbonyl (C=O) groups is 1. The average molecular weight is 440 g/mol. The largest absolute Gasteiger partial charge is 0.491 e. The van der Waals surface area contributed by atoms with Crippen molar-refractivity contribution in [3.63, 3.8) is 0 Å². The van der Waals surface area contributed by atoms with Crippen molar-refractivity contribution in [2.24, 2.45) is 0 Å². The van der Waals surface area contributed by atoms with Gasteiger partial charge in [0.1, 0.15) is 12.4 Å². The lowest BCUT2D eigenvalue weighted by Gasteiger charge is -2.39. The van der Waals surface area contributed by atoms with E-state index in [2.05, 4.69) is 15.3 Å². The quantitative estimate of drug-likeness (QED) is 0.743. The molecule has 2 aromatic rings. The van der Waals surface area contributed by atoms with Crippen LogP contribution in [0, 0.1) is 0 Å². The summed E-state index contributed by atoms with van der Waals surface area (Å²) in [5, 5.41) is 6.82. The van der Waals surface area contributed by atoms with Gasteiger partial charge < -0.3 is 14.8 Å². The number of aromatic nitrogens is 2. The van der Waals surface area contributed by atoms with E-state index in [-0.39, 0.29) is 23.6 Å². The lowest BCUT2D eigenvalue weighted by molar-refractivity contribution is -0.137. The van der Waals surface area contributed by atoms with Gasteiger partial charge in [-0.05, 0) is 24.3 Å². The van der Waals surface area contributed by atoms with Gasteiger partial charge in [-0.2, -0.15) is 18.3 Å². The highest BCUT2D eigenvalue weighted by Gasteiger charge is 2.37. The van der Waals surface area contributed by atoms with E-state index in [1.165, 1.54) is 0 Å². The molecule has 1 fully saturated rings. The monoisotopic (exact) mass is 440 g/mol. The molecular formula is C20H20F4N4O3. The molecule has 5 rings (SSSR count). The van der Waals surface area contributed by atoms with E-state index in [1.807, 2.05) is 0 Å². The fourth-order valence-corrected chi connectivity index (χ4v) is 4.05. The van der Waals surface area contributed by atoms with Crippen molar-refractivity contribution in [3.8, 4) is 5.75 Å². The van der Waals surface area contributed by atoms with Gasteiger partial charge in [-0.1, -0.05) is 0 Å². The number of halogens is 4. The fraction of sp³-hybridized carbons (Fsp3) is 0.500. The molecule has 3 aliphatic heterocycles. The summed E-state index contributed by atoms with van der Waals surface area (Å²) in [6, 6.07) is 3.59. The summed E-state index contributed by atoms with van der Waals surface area (Å²) in [7, 11) is 0. The van der Waals surface area contributed by atoms with Crippen LogP contribution in [-0.2, 0) is 24.0 Å². The first-order valence-corrected chi connectivity index (χ1v) is 9.97. The normalized spacial score (nSPS) is 24.0. The summed E-state index contributed by atoms with van der Waals surface area (Å²) in [6.45, 7) is 3.27. The number of nitrogens with zero attached hydrogens (tertiary/aromatic N) is 3. The number of nitrogens with one attached hydrogen (secondary N) is 1. The maximum Gasteiger partial charge on any atom is 0.416 e. The number of hydrogen-bond donors (Lipinski definition) is 1. The van der Waals surface area contributed by atoms with Crippen LogP contribution in [0.1, 0.15) is 33.5 Å². The Labute approximate surface area is 174 Å². The van der Waals surface area contributed by atoms with Crippen LogP contribution in [0.4, 0.5) is 17.6 Å². The van der Waals surface area contributed by atoms with Crippen LogP contribution in [0.25, 0.3) is 0 Å². The van der Waals surface area contributed by atoms with Gasteiger partial charge in [0.05, 0.1) is 43.1 Å². The predicted molar refractivity (Wildman–Crippen MR) is 99.3 cm³/mol. The van der Waals surface area contributed by atoms with Crippen LogP contribution < -0.4 is 10.1 Å². The van der Waals surface area contributed by atoms with E-state index in [0.29, 0.717) is 32.3 Å². The Morgan fingerprint density at radius 2 is 1.97 bits per heavy atom. The molecular weight excluding hydrogens is 420 g/mol. The van der Waals surface area contributed by atoms with Crippen LogP contribution >= 0.6 is 0 Å². The van der Waals surface area contributed by atoms with Crippen LogP contribution in [0.3, 0.4) is 0 Å². The van der Waals surface area contributed by atoms with Gasteiger partial charge in [-0.3, -0.25) is 14.4 Å². The van der Waals surface area contributed by atoms with Gasteiger partial charge in [-0.25, -0.2) is 4.39 Å². The maximum absolute atomic E-state index is 15.0. The van der Waals surface area contributed by atoms with Crippen molar-refractivity contribution < 1.29 is 31.8 Å². The minimum atomic E-state index is -4.60. The Hall–Kier alpha value is -2.66. The smallest absolute Gasteiger partial charge is 0.416 e. The molecule has 3 aliphatic rings. The first kappa shape index (κ1) is 20.3. The predicted octanol–water partition coefficient (Wildman–Crippen LogP) is 2.32. The highest BCUT2D eigenvalue weighted by molar-refractivity contribution is 5.92. The number of ether oxygens (including phenoxy) is 2. The number of alkyl halides is 4. The third kappa shape index (κ3) is 3.76. The van der Waals surface area contributed by atoms with Crippen LogP contribution in [0.2, 0.25) is 0 Å². The Morgan fingerprint density at radius 3 is 2.68 bits per heavy atom. The second kappa shape index (κ2) is 7.49. The number of rotatable bonds is 3. The zero-order valence-corrected chi connectivity index (χ0v) is 16.4. The molecule has 1 unspecified atom stereocenters. The molecule has 2 atom stereocenters. The molecule has 0 radical (unpaired) electrons. The van der Waals surface area contributed by atoms with Gasteiger partial charge in [0.15, 0.2) is 11.9 Å². The summed E-state index contributed by atoms with van der Waals surface area (Å²) in [4.78, 5) is 14.9. The average Bonchev–Trinajstić information content (AvgIpc) is 3.11. The summed E-state index contributed by atoms with van der Waals surface area (Å²) in [5.41, 5.74) is -0.176. The zero-order valence-electron chi connectivity index (χ0n) is 16.4. The van der Waals surface area contributed by atoms with Crippen molar-refractivity contribution in [2.75, 3.05) is 26.4 Å². The lowest BCUT2D eigenvalue weighted by Crippen LogP contribution is -2.51. The Bertz CT molecular complexity index is 1000. The minimum Gasteiger partial charge on any atom is -0.491 e. The van der Waals surface area contributed by atoms with E-state index in [9.17, 15) is 22.4 Å². The summed E-state index contributed by atoms with van der Waals surface area (Å²) >= 11 is 0. The number of benzene rings is 1. The summed E-state index contributed by atoms with van der Waals surface area (Å²) < 4.78 is 66.3. The number of hydrogen-bond acceptors (Lipinski definition) is 5.